The minimum atomic E-state index is -0.259. The van der Waals surface area contributed by atoms with Gasteiger partial charge < -0.3 is 5.32 Å². The zero-order valence-corrected chi connectivity index (χ0v) is 14.1. The highest BCUT2D eigenvalue weighted by Gasteiger charge is 2.12. The molecular formula is C18H16ClN3O2. The summed E-state index contributed by atoms with van der Waals surface area (Å²) in [6.07, 6.45) is 1.22. The van der Waals surface area contributed by atoms with Crippen molar-refractivity contribution in [2.45, 2.75) is 20.4 Å². The summed E-state index contributed by atoms with van der Waals surface area (Å²) in [5.74, 6) is -0.259. The van der Waals surface area contributed by atoms with Gasteiger partial charge >= 0.3 is 0 Å². The molecule has 0 spiro atoms. The van der Waals surface area contributed by atoms with Crippen molar-refractivity contribution in [3.05, 3.63) is 69.0 Å². The highest BCUT2D eigenvalue weighted by Crippen LogP contribution is 2.27. The number of benzene rings is 2. The fourth-order valence-corrected chi connectivity index (χ4v) is 3.04. The zero-order valence-electron chi connectivity index (χ0n) is 13.3. The number of nitrogens with one attached hydrogen (secondary N) is 1. The quantitative estimate of drug-likeness (QED) is 0.795. The van der Waals surface area contributed by atoms with Gasteiger partial charge in [0.05, 0.1) is 22.4 Å². The van der Waals surface area contributed by atoms with Crippen molar-refractivity contribution in [3.8, 4) is 0 Å². The second kappa shape index (κ2) is 6.45. The Morgan fingerprint density at radius 1 is 1.25 bits per heavy atom. The van der Waals surface area contributed by atoms with Gasteiger partial charge in [0.1, 0.15) is 6.54 Å². The van der Waals surface area contributed by atoms with E-state index in [2.05, 4.69) is 10.4 Å². The van der Waals surface area contributed by atoms with Gasteiger partial charge in [-0.15, -0.1) is 0 Å². The van der Waals surface area contributed by atoms with E-state index in [9.17, 15) is 9.59 Å². The summed E-state index contributed by atoms with van der Waals surface area (Å²) in [4.78, 5) is 24.2. The van der Waals surface area contributed by atoms with Crippen LogP contribution in [0.1, 0.15) is 11.1 Å². The molecule has 0 bridgehead atoms. The third kappa shape index (κ3) is 3.16. The van der Waals surface area contributed by atoms with Crippen LogP contribution in [0.3, 0.4) is 0 Å². The van der Waals surface area contributed by atoms with E-state index in [0.717, 1.165) is 11.1 Å². The number of amides is 1. The minimum absolute atomic E-state index is 0.00949. The van der Waals surface area contributed by atoms with E-state index in [-0.39, 0.29) is 17.9 Å². The van der Waals surface area contributed by atoms with Gasteiger partial charge in [-0.1, -0.05) is 29.8 Å². The van der Waals surface area contributed by atoms with Crippen molar-refractivity contribution in [2.24, 2.45) is 0 Å². The fraction of sp³-hybridized carbons (Fsp3) is 0.167. The molecule has 2 aromatic carbocycles. The predicted octanol–water partition coefficient (Wildman–Crippen LogP) is 3.31. The van der Waals surface area contributed by atoms with Crippen molar-refractivity contribution in [1.82, 2.24) is 9.78 Å². The molecule has 0 unspecified atom stereocenters. The first-order chi connectivity index (χ1) is 11.5. The van der Waals surface area contributed by atoms with Crippen LogP contribution in [0.25, 0.3) is 10.9 Å². The third-order valence-corrected chi connectivity index (χ3v) is 4.05. The standard InChI is InChI=1S/C18H16ClN3O2/c1-11-7-12(2)18(14(19)8-11)21-17(24)10-22-15-6-4-3-5-13(15)16(23)9-20-22/h3-9H,10H2,1-2H3,(H,21,24). The van der Waals surface area contributed by atoms with Crippen LogP contribution in [-0.2, 0) is 11.3 Å². The monoisotopic (exact) mass is 341 g/mol. The van der Waals surface area contributed by atoms with Gasteiger partial charge in [-0.05, 0) is 43.2 Å². The number of carbonyl (C=O) groups excluding carboxylic acids is 1. The lowest BCUT2D eigenvalue weighted by Crippen LogP contribution is -2.23. The number of carbonyl (C=O) groups is 1. The maximum atomic E-state index is 12.4. The number of aromatic nitrogens is 2. The van der Waals surface area contributed by atoms with E-state index >= 15 is 0 Å². The molecule has 122 valence electrons. The molecule has 1 amide bonds. The van der Waals surface area contributed by atoms with Gasteiger partial charge in [-0.25, -0.2) is 0 Å². The van der Waals surface area contributed by atoms with Gasteiger partial charge in [0.25, 0.3) is 0 Å². The van der Waals surface area contributed by atoms with E-state index in [0.29, 0.717) is 21.6 Å². The summed E-state index contributed by atoms with van der Waals surface area (Å²) in [7, 11) is 0. The number of fused-ring (bicyclic) bond motifs is 1. The second-order valence-electron chi connectivity index (χ2n) is 5.67. The smallest absolute Gasteiger partial charge is 0.246 e. The first-order valence-electron chi connectivity index (χ1n) is 7.47. The normalized spacial score (nSPS) is 10.8. The average molecular weight is 342 g/mol. The zero-order chi connectivity index (χ0) is 17.3. The van der Waals surface area contributed by atoms with E-state index in [1.54, 1.807) is 30.3 Å². The largest absolute Gasteiger partial charge is 0.323 e. The van der Waals surface area contributed by atoms with E-state index in [4.69, 9.17) is 11.6 Å². The van der Waals surface area contributed by atoms with Crippen molar-refractivity contribution in [2.75, 3.05) is 5.32 Å². The van der Waals surface area contributed by atoms with Crippen molar-refractivity contribution >= 4 is 34.1 Å². The molecule has 3 aromatic rings. The Balaban J connectivity index is 1.89. The summed E-state index contributed by atoms with van der Waals surface area (Å²) in [6.45, 7) is 3.83. The Kier molecular flexibility index (Phi) is 4.36. The molecular weight excluding hydrogens is 326 g/mol. The molecule has 0 radical (unpaired) electrons. The van der Waals surface area contributed by atoms with Crippen molar-refractivity contribution in [1.29, 1.82) is 0 Å². The summed E-state index contributed by atoms with van der Waals surface area (Å²) in [5, 5.41) is 7.91. The third-order valence-electron chi connectivity index (χ3n) is 3.75. The van der Waals surface area contributed by atoms with Crippen LogP contribution >= 0.6 is 11.6 Å². The van der Waals surface area contributed by atoms with Crippen molar-refractivity contribution in [3.63, 3.8) is 0 Å². The number of nitrogens with zero attached hydrogens (tertiary/aromatic N) is 2. The molecule has 0 saturated heterocycles. The second-order valence-corrected chi connectivity index (χ2v) is 6.08. The Hall–Kier alpha value is -2.66. The van der Waals surface area contributed by atoms with Gasteiger partial charge in [0.15, 0.2) is 0 Å². The summed E-state index contributed by atoms with van der Waals surface area (Å²) < 4.78 is 1.50. The number of para-hydroxylation sites is 1. The number of hydrogen-bond acceptors (Lipinski definition) is 3. The van der Waals surface area contributed by atoms with Gasteiger partial charge in [0.2, 0.25) is 11.3 Å². The fourth-order valence-electron chi connectivity index (χ4n) is 2.68. The molecule has 1 N–H and O–H groups in total. The molecule has 0 saturated carbocycles. The lowest BCUT2D eigenvalue weighted by Gasteiger charge is -2.13. The number of aryl methyl sites for hydroxylation is 2. The lowest BCUT2D eigenvalue weighted by molar-refractivity contribution is -0.116. The first kappa shape index (κ1) is 16.2. The molecule has 0 aliphatic carbocycles. The molecule has 5 nitrogen and oxygen atoms in total. The highest BCUT2D eigenvalue weighted by molar-refractivity contribution is 6.34. The molecule has 0 aliphatic rings. The Labute approximate surface area is 143 Å². The van der Waals surface area contributed by atoms with Crippen LogP contribution in [0.2, 0.25) is 5.02 Å². The van der Waals surface area contributed by atoms with Crippen LogP contribution in [0.4, 0.5) is 5.69 Å². The topological polar surface area (TPSA) is 64.0 Å². The Morgan fingerprint density at radius 2 is 2.00 bits per heavy atom. The molecule has 24 heavy (non-hydrogen) atoms. The van der Waals surface area contributed by atoms with Gasteiger partial charge in [-0.3, -0.25) is 14.3 Å². The van der Waals surface area contributed by atoms with E-state index < -0.39 is 0 Å². The Morgan fingerprint density at radius 3 is 2.75 bits per heavy atom. The molecule has 0 fully saturated rings. The number of anilines is 1. The van der Waals surface area contributed by atoms with Crippen LogP contribution < -0.4 is 10.7 Å². The lowest BCUT2D eigenvalue weighted by atomic mass is 10.1. The number of rotatable bonds is 3. The van der Waals surface area contributed by atoms with E-state index in [1.165, 1.54) is 10.9 Å². The SMILES string of the molecule is Cc1cc(C)c(NC(=O)Cn2ncc(=O)c3ccccc32)c(Cl)c1. The van der Waals surface area contributed by atoms with E-state index in [1.807, 2.05) is 19.9 Å². The van der Waals surface area contributed by atoms with Crippen LogP contribution in [0.15, 0.2) is 47.4 Å². The average Bonchev–Trinajstić information content (AvgIpc) is 2.54. The maximum absolute atomic E-state index is 12.4. The number of hydrogen-bond donors (Lipinski definition) is 1. The first-order valence-corrected chi connectivity index (χ1v) is 7.85. The van der Waals surface area contributed by atoms with Crippen molar-refractivity contribution < 1.29 is 4.79 Å². The molecule has 1 aromatic heterocycles. The van der Waals surface area contributed by atoms with Gasteiger partial charge in [-0.2, -0.15) is 5.10 Å². The number of halogens is 1. The summed E-state index contributed by atoms with van der Waals surface area (Å²) in [6, 6.07) is 10.8. The minimum Gasteiger partial charge on any atom is -0.323 e. The Bertz CT molecular complexity index is 972. The van der Waals surface area contributed by atoms with Crippen LogP contribution in [0, 0.1) is 13.8 Å². The summed E-state index contributed by atoms with van der Waals surface area (Å²) >= 11 is 6.22. The molecule has 0 aliphatic heterocycles. The van der Waals surface area contributed by atoms with Crippen LogP contribution in [-0.4, -0.2) is 15.7 Å². The summed E-state index contributed by atoms with van der Waals surface area (Å²) in [5.41, 5.74) is 2.97. The molecule has 3 rings (SSSR count). The molecule has 1 heterocycles. The van der Waals surface area contributed by atoms with Crippen LogP contribution in [0.5, 0.6) is 0 Å². The predicted molar refractivity (Wildman–Crippen MR) is 95.6 cm³/mol. The molecule has 6 heteroatoms. The highest BCUT2D eigenvalue weighted by atomic mass is 35.5. The molecule has 0 atom stereocenters. The maximum Gasteiger partial charge on any atom is 0.246 e. The van der Waals surface area contributed by atoms with Gasteiger partial charge in [0, 0.05) is 5.39 Å².